The molecule has 1 aromatic rings. The van der Waals surface area contributed by atoms with Crippen molar-refractivity contribution in [2.24, 2.45) is 5.92 Å². The van der Waals surface area contributed by atoms with Crippen molar-refractivity contribution in [3.05, 3.63) is 17.5 Å². The molecule has 0 saturated heterocycles. The molecule has 2 N–H and O–H groups in total. The van der Waals surface area contributed by atoms with Gasteiger partial charge < -0.3 is 15.0 Å². The number of rotatable bonds is 4. The quantitative estimate of drug-likeness (QED) is 0.821. The minimum absolute atomic E-state index is 0.0314. The van der Waals surface area contributed by atoms with E-state index in [9.17, 15) is 9.59 Å². The van der Waals surface area contributed by atoms with Crippen LogP contribution in [0.15, 0.2) is 6.07 Å². The van der Waals surface area contributed by atoms with Crippen LogP contribution in [0.3, 0.4) is 0 Å². The van der Waals surface area contributed by atoms with Crippen molar-refractivity contribution in [3.63, 3.8) is 0 Å². The Kier molecular flexibility index (Phi) is 4.24. The number of ether oxygens (including phenoxy) is 1. The Bertz CT molecular complexity index is 473. The number of carbonyl (C=O) groups is 2. The van der Waals surface area contributed by atoms with E-state index >= 15 is 0 Å². The number of anilines is 1. The predicted molar refractivity (Wildman–Crippen MR) is 72.1 cm³/mol. The van der Waals surface area contributed by atoms with Crippen molar-refractivity contribution < 1.29 is 14.3 Å². The maximum absolute atomic E-state index is 12.0. The first-order chi connectivity index (χ1) is 9.10. The van der Waals surface area contributed by atoms with Crippen molar-refractivity contribution >= 4 is 17.6 Å². The van der Waals surface area contributed by atoms with Crippen LogP contribution < -0.4 is 5.32 Å². The summed E-state index contributed by atoms with van der Waals surface area (Å²) in [7, 11) is 1.32. The summed E-state index contributed by atoms with van der Waals surface area (Å²) in [5, 5.41) is 2.80. The van der Waals surface area contributed by atoms with Crippen LogP contribution in [0.1, 0.15) is 48.3 Å². The molecular weight excluding hydrogens is 244 g/mol. The topological polar surface area (TPSA) is 71.2 Å². The van der Waals surface area contributed by atoms with Gasteiger partial charge in [0.1, 0.15) is 5.69 Å². The fourth-order valence-electron chi connectivity index (χ4n) is 2.63. The molecule has 0 unspecified atom stereocenters. The Hall–Kier alpha value is -1.78. The lowest BCUT2D eigenvalue weighted by Crippen LogP contribution is -2.17. The Labute approximate surface area is 112 Å². The number of aryl methyl sites for hydroxylation is 1. The fourth-order valence-corrected chi connectivity index (χ4v) is 2.63. The van der Waals surface area contributed by atoms with Gasteiger partial charge in [0.2, 0.25) is 5.91 Å². The van der Waals surface area contributed by atoms with E-state index in [2.05, 4.69) is 15.0 Å². The standard InChI is InChI=1S/C14H20N2O3/c1-9-7-11(13(15-9)14(18)19-2)16-12(17)8-10-5-3-4-6-10/h7,10,15H,3-6,8H2,1-2H3,(H,16,17). The largest absolute Gasteiger partial charge is 0.464 e. The van der Waals surface area contributed by atoms with Gasteiger partial charge in [0.25, 0.3) is 0 Å². The van der Waals surface area contributed by atoms with Gasteiger partial charge in [-0.25, -0.2) is 4.79 Å². The number of aromatic nitrogens is 1. The highest BCUT2D eigenvalue weighted by molar-refractivity contribution is 6.00. The molecule has 104 valence electrons. The summed E-state index contributed by atoms with van der Waals surface area (Å²) in [5.74, 6) is -0.0121. The van der Waals surface area contributed by atoms with E-state index < -0.39 is 5.97 Å². The van der Waals surface area contributed by atoms with Gasteiger partial charge in [0.05, 0.1) is 12.8 Å². The monoisotopic (exact) mass is 264 g/mol. The summed E-state index contributed by atoms with van der Waals surface area (Å²) in [4.78, 5) is 26.4. The zero-order chi connectivity index (χ0) is 13.8. The summed E-state index contributed by atoms with van der Waals surface area (Å²) in [6, 6.07) is 1.75. The third-order valence-electron chi connectivity index (χ3n) is 3.56. The van der Waals surface area contributed by atoms with Crippen LogP contribution in [-0.4, -0.2) is 24.0 Å². The molecule has 0 aromatic carbocycles. The summed E-state index contributed by atoms with van der Waals surface area (Å²) >= 11 is 0. The van der Waals surface area contributed by atoms with Crippen molar-refractivity contribution in [2.75, 3.05) is 12.4 Å². The van der Waals surface area contributed by atoms with Crippen LogP contribution in [0.5, 0.6) is 0 Å². The Morgan fingerprint density at radius 1 is 1.42 bits per heavy atom. The van der Waals surface area contributed by atoms with E-state index in [1.807, 2.05) is 6.92 Å². The highest BCUT2D eigenvalue weighted by Gasteiger charge is 2.21. The molecule has 1 aromatic heterocycles. The molecule has 1 aliphatic carbocycles. The average molecular weight is 264 g/mol. The second-order valence-corrected chi connectivity index (χ2v) is 5.14. The summed E-state index contributed by atoms with van der Waals surface area (Å²) < 4.78 is 4.68. The number of hydrogen-bond donors (Lipinski definition) is 2. The van der Waals surface area contributed by atoms with Crippen LogP contribution in [-0.2, 0) is 9.53 Å². The maximum Gasteiger partial charge on any atom is 0.356 e. The van der Waals surface area contributed by atoms with E-state index in [0.29, 0.717) is 23.7 Å². The zero-order valence-corrected chi connectivity index (χ0v) is 11.4. The molecule has 0 atom stereocenters. The predicted octanol–water partition coefficient (Wildman–Crippen LogP) is 2.63. The van der Waals surface area contributed by atoms with E-state index in [1.54, 1.807) is 6.07 Å². The Morgan fingerprint density at radius 3 is 2.74 bits per heavy atom. The molecule has 19 heavy (non-hydrogen) atoms. The number of hydrogen-bond acceptors (Lipinski definition) is 3. The first kappa shape index (κ1) is 13.6. The third-order valence-corrected chi connectivity index (χ3v) is 3.56. The molecule has 1 saturated carbocycles. The highest BCUT2D eigenvalue weighted by Crippen LogP contribution is 2.28. The molecule has 1 aliphatic rings. The fraction of sp³-hybridized carbons (Fsp3) is 0.571. The van der Waals surface area contributed by atoms with E-state index in [0.717, 1.165) is 18.5 Å². The molecular formula is C14H20N2O3. The van der Waals surface area contributed by atoms with Gasteiger partial charge in [-0.1, -0.05) is 12.8 Å². The van der Waals surface area contributed by atoms with E-state index in [1.165, 1.54) is 20.0 Å². The number of amides is 1. The number of carbonyl (C=O) groups excluding carboxylic acids is 2. The van der Waals surface area contributed by atoms with Gasteiger partial charge in [-0.3, -0.25) is 4.79 Å². The van der Waals surface area contributed by atoms with Crippen LogP contribution in [0, 0.1) is 12.8 Å². The number of aromatic amines is 1. The third kappa shape index (κ3) is 3.36. The molecule has 1 fully saturated rings. The second kappa shape index (κ2) is 5.91. The zero-order valence-electron chi connectivity index (χ0n) is 11.4. The molecule has 0 radical (unpaired) electrons. The van der Waals surface area contributed by atoms with Crippen molar-refractivity contribution in [1.82, 2.24) is 4.98 Å². The lowest BCUT2D eigenvalue weighted by molar-refractivity contribution is -0.117. The summed E-state index contributed by atoms with van der Waals surface area (Å²) in [6.07, 6.45) is 5.22. The van der Waals surface area contributed by atoms with Crippen molar-refractivity contribution in [2.45, 2.75) is 39.0 Å². The van der Waals surface area contributed by atoms with Crippen LogP contribution >= 0.6 is 0 Å². The molecule has 5 heteroatoms. The first-order valence-corrected chi connectivity index (χ1v) is 6.68. The smallest absolute Gasteiger partial charge is 0.356 e. The highest BCUT2D eigenvalue weighted by atomic mass is 16.5. The SMILES string of the molecule is COC(=O)c1[nH]c(C)cc1NC(=O)CC1CCCC1. The van der Waals surface area contributed by atoms with Gasteiger partial charge in [-0.05, 0) is 31.7 Å². The molecule has 5 nitrogen and oxygen atoms in total. The number of nitrogens with one attached hydrogen (secondary N) is 2. The van der Waals surface area contributed by atoms with E-state index in [4.69, 9.17) is 0 Å². The number of H-pyrrole nitrogens is 1. The lowest BCUT2D eigenvalue weighted by Gasteiger charge is -2.09. The minimum Gasteiger partial charge on any atom is -0.464 e. The molecule has 0 bridgehead atoms. The van der Waals surface area contributed by atoms with Gasteiger partial charge >= 0.3 is 5.97 Å². The van der Waals surface area contributed by atoms with Crippen molar-refractivity contribution in [1.29, 1.82) is 0 Å². The number of methoxy groups -OCH3 is 1. The maximum atomic E-state index is 12.0. The molecule has 1 heterocycles. The Balaban J connectivity index is 2.01. The normalized spacial score (nSPS) is 15.5. The minimum atomic E-state index is -0.468. The Morgan fingerprint density at radius 2 is 2.11 bits per heavy atom. The van der Waals surface area contributed by atoms with E-state index in [-0.39, 0.29) is 5.91 Å². The number of esters is 1. The first-order valence-electron chi connectivity index (χ1n) is 6.68. The van der Waals surface area contributed by atoms with Gasteiger partial charge in [-0.2, -0.15) is 0 Å². The van der Waals surface area contributed by atoms with Crippen LogP contribution in [0.2, 0.25) is 0 Å². The average Bonchev–Trinajstić information content (AvgIpc) is 2.98. The lowest BCUT2D eigenvalue weighted by atomic mass is 10.0. The summed E-state index contributed by atoms with van der Waals surface area (Å²) in [5.41, 5.74) is 1.63. The molecule has 1 amide bonds. The molecule has 2 rings (SSSR count). The molecule has 0 spiro atoms. The molecule has 0 aliphatic heterocycles. The second-order valence-electron chi connectivity index (χ2n) is 5.14. The van der Waals surface area contributed by atoms with Crippen LogP contribution in [0.25, 0.3) is 0 Å². The van der Waals surface area contributed by atoms with Crippen molar-refractivity contribution in [3.8, 4) is 0 Å². The van der Waals surface area contributed by atoms with Gasteiger partial charge in [0, 0.05) is 12.1 Å². The van der Waals surface area contributed by atoms with Crippen LogP contribution in [0.4, 0.5) is 5.69 Å². The van der Waals surface area contributed by atoms with Gasteiger partial charge in [-0.15, -0.1) is 0 Å². The summed E-state index contributed by atoms with van der Waals surface area (Å²) in [6.45, 7) is 1.83. The van der Waals surface area contributed by atoms with Gasteiger partial charge in [0.15, 0.2) is 0 Å².